The van der Waals surface area contributed by atoms with Crippen LogP contribution < -0.4 is 0 Å². The first-order valence-corrected chi connectivity index (χ1v) is 11.7. The highest BCUT2D eigenvalue weighted by Crippen LogP contribution is 2.32. The van der Waals surface area contributed by atoms with Gasteiger partial charge in [0.25, 0.3) is 0 Å². The van der Waals surface area contributed by atoms with E-state index in [1.165, 1.54) is 55.6 Å². The van der Waals surface area contributed by atoms with Gasteiger partial charge in [-0.1, -0.05) is 71.1 Å². The molecule has 0 radical (unpaired) electrons. The van der Waals surface area contributed by atoms with E-state index in [-0.39, 0.29) is 16.9 Å². The number of nitrogens with zero attached hydrogens (tertiary/aromatic N) is 2. The summed E-state index contributed by atoms with van der Waals surface area (Å²) < 4.78 is 0. The second-order valence-electron chi connectivity index (χ2n) is 6.75. The highest BCUT2D eigenvalue weighted by atomic mass is 32.2. The number of hydrogen-bond acceptors (Lipinski definition) is 5. The number of aliphatic carboxylic acids is 1. The van der Waals surface area contributed by atoms with Crippen LogP contribution in [0.5, 0.6) is 0 Å². The van der Waals surface area contributed by atoms with Crippen LogP contribution in [-0.4, -0.2) is 21.6 Å². The fourth-order valence-corrected chi connectivity index (χ4v) is 4.80. The lowest BCUT2D eigenvalue weighted by Crippen LogP contribution is -2.19. The van der Waals surface area contributed by atoms with Crippen LogP contribution in [0.1, 0.15) is 96.8 Å². The van der Waals surface area contributed by atoms with Crippen LogP contribution >= 0.6 is 23.5 Å². The van der Waals surface area contributed by atoms with Crippen molar-refractivity contribution in [3.63, 3.8) is 0 Å². The zero-order chi connectivity index (χ0) is 19.5. The molecule has 148 valence electrons. The van der Waals surface area contributed by atoms with Crippen LogP contribution in [-0.2, 0) is 4.79 Å². The minimum absolute atomic E-state index is 0.222. The summed E-state index contributed by atoms with van der Waals surface area (Å²) >= 11 is 2.66. The Labute approximate surface area is 168 Å². The molecular weight excluding hydrogens is 364 g/mol. The number of carboxylic acids is 1. The molecule has 2 atom stereocenters. The standard InChI is InChI=1S/C20H34N2O2S2/c1-2-3-4-5-7-10-13-18(25-16-21)19(26-17-22)14-11-8-6-9-12-15-20(23)24/h18-19H,2-15H2,1H3,(H,23,24). The molecular formula is C20H34N2O2S2. The van der Waals surface area contributed by atoms with Gasteiger partial charge in [-0.25, -0.2) is 0 Å². The summed E-state index contributed by atoms with van der Waals surface area (Å²) in [5.41, 5.74) is 0. The zero-order valence-electron chi connectivity index (χ0n) is 16.1. The molecule has 0 heterocycles. The molecule has 2 unspecified atom stereocenters. The third-order valence-electron chi connectivity index (χ3n) is 4.54. The summed E-state index contributed by atoms with van der Waals surface area (Å²) in [4.78, 5) is 10.5. The van der Waals surface area contributed by atoms with E-state index in [4.69, 9.17) is 15.6 Å². The second-order valence-corrected chi connectivity index (χ2v) is 8.80. The monoisotopic (exact) mass is 398 g/mol. The molecule has 0 bridgehead atoms. The molecule has 0 fully saturated rings. The number of hydrogen-bond donors (Lipinski definition) is 1. The van der Waals surface area contributed by atoms with Crippen LogP contribution in [0.4, 0.5) is 0 Å². The molecule has 0 aliphatic rings. The Morgan fingerprint density at radius 3 is 1.65 bits per heavy atom. The van der Waals surface area contributed by atoms with Gasteiger partial charge in [0.1, 0.15) is 10.8 Å². The molecule has 0 aromatic carbocycles. The summed E-state index contributed by atoms with van der Waals surface area (Å²) in [6.45, 7) is 2.22. The van der Waals surface area contributed by atoms with E-state index in [0.29, 0.717) is 0 Å². The zero-order valence-corrected chi connectivity index (χ0v) is 17.8. The maximum atomic E-state index is 10.5. The molecule has 0 amide bonds. The van der Waals surface area contributed by atoms with Crippen molar-refractivity contribution in [3.8, 4) is 10.8 Å². The molecule has 1 N–H and O–H groups in total. The summed E-state index contributed by atoms with van der Waals surface area (Å²) in [7, 11) is 0. The van der Waals surface area contributed by atoms with E-state index in [2.05, 4.69) is 17.7 Å². The Morgan fingerprint density at radius 1 is 0.808 bits per heavy atom. The van der Waals surface area contributed by atoms with Crippen molar-refractivity contribution < 1.29 is 9.90 Å². The predicted octanol–water partition coefficient (Wildman–Crippen LogP) is 6.72. The van der Waals surface area contributed by atoms with Gasteiger partial charge in [-0.05, 0) is 42.8 Å². The van der Waals surface area contributed by atoms with E-state index in [1.807, 2.05) is 0 Å². The first-order valence-electron chi connectivity index (χ1n) is 9.97. The minimum atomic E-state index is -0.721. The number of carbonyl (C=O) groups is 1. The van der Waals surface area contributed by atoms with Crippen molar-refractivity contribution in [1.29, 1.82) is 10.5 Å². The van der Waals surface area contributed by atoms with E-state index < -0.39 is 5.97 Å². The van der Waals surface area contributed by atoms with Gasteiger partial charge in [0.2, 0.25) is 0 Å². The van der Waals surface area contributed by atoms with Crippen molar-refractivity contribution in [3.05, 3.63) is 0 Å². The third-order valence-corrected chi connectivity index (χ3v) is 6.66. The lowest BCUT2D eigenvalue weighted by Gasteiger charge is -2.21. The smallest absolute Gasteiger partial charge is 0.303 e. The summed E-state index contributed by atoms with van der Waals surface area (Å²) in [6.07, 6.45) is 14.6. The molecule has 0 rings (SSSR count). The maximum Gasteiger partial charge on any atom is 0.303 e. The van der Waals surface area contributed by atoms with Crippen LogP contribution in [0.15, 0.2) is 0 Å². The largest absolute Gasteiger partial charge is 0.481 e. The van der Waals surface area contributed by atoms with Crippen molar-refractivity contribution in [2.75, 3.05) is 0 Å². The first-order chi connectivity index (χ1) is 12.7. The topological polar surface area (TPSA) is 84.9 Å². The molecule has 4 nitrogen and oxygen atoms in total. The summed E-state index contributed by atoms with van der Waals surface area (Å²) in [6, 6.07) is 0. The first kappa shape index (κ1) is 25.1. The predicted molar refractivity (Wildman–Crippen MR) is 112 cm³/mol. The summed E-state index contributed by atoms with van der Waals surface area (Å²) in [5.74, 6) is -0.721. The van der Waals surface area contributed by atoms with Crippen molar-refractivity contribution in [1.82, 2.24) is 0 Å². The second kappa shape index (κ2) is 18.9. The highest BCUT2D eigenvalue weighted by Gasteiger charge is 2.22. The number of nitriles is 2. The third kappa shape index (κ3) is 15.4. The molecule has 0 saturated heterocycles. The molecule has 0 saturated carbocycles. The fourth-order valence-electron chi connectivity index (χ4n) is 3.05. The van der Waals surface area contributed by atoms with E-state index >= 15 is 0 Å². The molecule has 6 heteroatoms. The number of unbranched alkanes of at least 4 members (excludes halogenated alkanes) is 9. The molecule has 0 spiro atoms. The Hall–Kier alpha value is -0.850. The van der Waals surface area contributed by atoms with Gasteiger partial charge >= 0.3 is 5.97 Å². The SMILES string of the molecule is CCCCCCCCC(SC#N)C(CCCCCCCC(=O)O)SC#N. The summed E-state index contributed by atoms with van der Waals surface area (Å²) in [5, 5.41) is 31.8. The Morgan fingerprint density at radius 2 is 1.23 bits per heavy atom. The molecule has 0 aliphatic heterocycles. The Balaban J connectivity index is 4.09. The maximum absolute atomic E-state index is 10.5. The quantitative estimate of drug-likeness (QED) is 0.204. The lowest BCUT2D eigenvalue weighted by atomic mass is 10.0. The van der Waals surface area contributed by atoms with Crippen LogP contribution in [0.3, 0.4) is 0 Å². The van der Waals surface area contributed by atoms with Crippen molar-refractivity contribution in [2.24, 2.45) is 0 Å². The van der Waals surface area contributed by atoms with E-state index in [9.17, 15) is 4.79 Å². The van der Waals surface area contributed by atoms with E-state index in [1.54, 1.807) is 0 Å². The van der Waals surface area contributed by atoms with Crippen molar-refractivity contribution >= 4 is 29.5 Å². The normalized spacial score (nSPS) is 12.9. The van der Waals surface area contributed by atoms with Crippen molar-refractivity contribution in [2.45, 2.75) is 107 Å². The fraction of sp³-hybridized carbons (Fsp3) is 0.850. The number of thioether (sulfide) groups is 2. The van der Waals surface area contributed by atoms with Crippen LogP contribution in [0.25, 0.3) is 0 Å². The average Bonchev–Trinajstić information content (AvgIpc) is 2.61. The lowest BCUT2D eigenvalue weighted by molar-refractivity contribution is -0.137. The average molecular weight is 399 g/mol. The van der Waals surface area contributed by atoms with Gasteiger partial charge in [-0.15, -0.1) is 0 Å². The number of thiocyanates is 2. The molecule has 0 aliphatic carbocycles. The van der Waals surface area contributed by atoms with Gasteiger partial charge in [-0.3, -0.25) is 4.79 Å². The number of carboxylic acid groups (broad SMARTS) is 1. The van der Waals surface area contributed by atoms with Gasteiger partial charge < -0.3 is 5.11 Å². The Bertz CT molecular complexity index is 433. The number of rotatable bonds is 18. The molecule has 26 heavy (non-hydrogen) atoms. The van der Waals surface area contributed by atoms with Gasteiger partial charge in [0, 0.05) is 16.9 Å². The Kier molecular flexibility index (Phi) is 18.3. The highest BCUT2D eigenvalue weighted by molar-refractivity contribution is 8.08. The van der Waals surface area contributed by atoms with Gasteiger partial charge in [-0.2, -0.15) is 10.5 Å². The van der Waals surface area contributed by atoms with Gasteiger partial charge in [0.15, 0.2) is 0 Å². The molecule has 0 aromatic rings. The van der Waals surface area contributed by atoms with Crippen LogP contribution in [0.2, 0.25) is 0 Å². The van der Waals surface area contributed by atoms with Crippen LogP contribution in [0, 0.1) is 21.3 Å². The minimum Gasteiger partial charge on any atom is -0.481 e. The van der Waals surface area contributed by atoms with E-state index in [0.717, 1.165) is 51.4 Å². The van der Waals surface area contributed by atoms with Gasteiger partial charge in [0.05, 0.1) is 0 Å². The molecule has 0 aromatic heterocycles.